The maximum absolute atomic E-state index is 12.0. The molecule has 0 aliphatic carbocycles. The summed E-state index contributed by atoms with van der Waals surface area (Å²) in [5.74, 6) is 0.123. The largest absolute Gasteiger partial charge is 0.507 e. The summed E-state index contributed by atoms with van der Waals surface area (Å²) in [5.41, 5.74) is 0.0175. The van der Waals surface area contributed by atoms with Gasteiger partial charge in [-0.1, -0.05) is 0 Å². The van der Waals surface area contributed by atoms with Crippen LogP contribution in [0.15, 0.2) is 50.9 Å². The maximum atomic E-state index is 12.0. The number of furan rings is 1. The van der Waals surface area contributed by atoms with Gasteiger partial charge in [0.25, 0.3) is 11.6 Å². The number of hydrogen-bond acceptors (Lipinski definition) is 7. The molecule has 2 heterocycles. The van der Waals surface area contributed by atoms with Crippen molar-refractivity contribution < 1.29 is 19.2 Å². The number of phenolic OH excluding ortho intramolecular Hbond substituents is 1. The Bertz CT molecular complexity index is 858. The number of nitrogens with one attached hydrogen (secondary N) is 1. The number of nitro benzene ring substituents is 1. The summed E-state index contributed by atoms with van der Waals surface area (Å²) < 4.78 is 5.15. The highest BCUT2D eigenvalue weighted by molar-refractivity contribution is 8.18. The zero-order valence-electron chi connectivity index (χ0n) is 12.1. The monoisotopic (exact) mass is 345 g/mol. The van der Waals surface area contributed by atoms with E-state index in [0.717, 1.165) is 11.8 Å². The molecule has 3 rings (SSSR count). The molecule has 0 bridgehead atoms. The average molecular weight is 345 g/mol. The molecule has 1 aromatic heterocycles. The molecule has 0 spiro atoms. The average Bonchev–Trinajstić information content (AvgIpc) is 3.17. The quantitative estimate of drug-likeness (QED) is 0.500. The molecule has 24 heavy (non-hydrogen) atoms. The second-order valence-corrected chi connectivity index (χ2v) is 5.80. The molecule has 0 saturated carbocycles. The van der Waals surface area contributed by atoms with Gasteiger partial charge in [-0.2, -0.15) is 0 Å². The summed E-state index contributed by atoms with van der Waals surface area (Å²) in [7, 11) is 0. The van der Waals surface area contributed by atoms with Crippen molar-refractivity contribution >= 4 is 34.6 Å². The fourth-order valence-electron chi connectivity index (χ4n) is 1.97. The van der Waals surface area contributed by atoms with Crippen molar-refractivity contribution in [1.82, 2.24) is 5.32 Å². The van der Waals surface area contributed by atoms with Crippen LogP contribution in [-0.2, 0) is 11.3 Å². The second-order valence-electron chi connectivity index (χ2n) is 4.77. The first-order chi connectivity index (χ1) is 11.5. The first-order valence-corrected chi connectivity index (χ1v) is 7.60. The van der Waals surface area contributed by atoms with Crippen molar-refractivity contribution in [3.63, 3.8) is 0 Å². The van der Waals surface area contributed by atoms with E-state index in [9.17, 15) is 20.0 Å². The van der Waals surface area contributed by atoms with E-state index in [2.05, 4.69) is 10.3 Å². The van der Waals surface area contributed by atoms with Gasteiger partial charge in [-0.25, -0.2) is 0 Å². The van der Waals surface area contributed by atoms with E-state index >= 15 is 0 Å². The van der Waals surface area contributed by atoms with Crippen LogP contribution < -0.4 is 5.32 Å². The molecule has 1 amide bonds. The fraction of sp³-hybridized carbons (Fsp3) is 0.0667. The minimum atomic E-state index is -0.570. The summed E-state index contributed by atoms with van der Waals surface area (Å²) in [5, 5.41) is 23.6. The van der Waals surface area contributed by atoms with Crippen LogP contribution in [0, 0.1) is 10.1 Å². The van der Waals surface area contributed by atoms with Crippen LogP contribution in [-0.4, -0.2) is 21.1 Å². The smallest absolute Gasteiger partial charge is 0.270 e. The topological polar surface area (TPSA) is 118 Å². The van der Waals surface area contributed by atoms with E-state index in [-0.39, 0.29) is 34.4 Å². The normalized spacial score (nSPS) is 17.4. The van der Waals surface area contributed by atoms with Crippen LogP contribution in [0.25, 0.3) is 6.08 Å². The number of non-ortho nitro benzene ring substituents is 1. The summed E-state index contributed by atoms with van der Waals surface area (Å²) in [6.07, 6.45) is 2.92. The Morgan fingerprint density at radius 1 is 1.42 bits per heavy atom. The Balaban J connectivity index is 1.81. The number of aromatic hydroxyl groups is 1. The predicted molar refractivity (Wildman–Crippen MR) is 88.3 cm³/mol. The van der Waals surface area contributed by atoms with Gasteiger partial charge >= 0.3 is 0 Å². The third-order valence-electron chi connectivity index (χ3n) is 3.12. The Kier molecular flexibility index (Phi) is 4.34. The minimum absolute atomic E-state index is 0.150. The van der Waals surface area contributed by atoms with Gasteiger partial charge in [0.2, 0.25) is 0 Å². The molecule has 9 heteroatoms. The molecule has 0 unspecified atom stereocenters. The lowest BCUT2D eigenvalue weighted by molar-refractivity contribution is -0.384. The molecular formula is C15H11N3O5S. The zero-order valence-corrected chi connectivity index (χ0v) is 12.9. The predicted octanol–water partition coefficient (Wildman–Crippen LogP) is 2.65. The highest BCUT2D eigenvalue weighted by Crippen LogP contribution is 2.31. The van der Waals surface area contributed by atoms with Crippen LogP contribution >= 0.6 is 11.8 Å². The van der Waals surface area contributed by atoms with E-state index in [1.165, 1.54) is 30.5 Å². The lowest BCUT2D eigenvalue weighted by Crippen LogP contribution is -2.19. The van der Waals surface area contributed by atoms with Gasteiger partial charge in [-0.05, 0) is 36.0 Å². The minimum Gasteiger partial charge on any atom is -0.507 e. The molecular weight excluding hydrogens is 334 g/mol. The van der Waals surface area contributed by atoms with Gasteiger partial charge in [0.05, 0.1) is 22.6 Å². The number of thioether (sulfide) groups is 1. The van der Waals surface area contributed by atoms with E-state index < -0.39 is 4.92 Å². The summed E-state index contributed by atoms with van der Waals surface area (Å²) in [4.78, 5) is 26.7. The Morgan fingerprint density at radius 2 is 2.25 bits per heavy atom. The number of amidine groups is 1. The molecule has 1 saturated heterocycles. The van der Waals surface area contributed by atoms with Crippen molar-refractivity contribution in [3.8, 4) is 5.75 Å². The molecule has 1 aliphatic heterocycles. The number of rotatable bonds is 4. The Morgan fingerprint density at radius 3 is 2.96 bits per heavy atom. The highest BCUT2D eigenvalue weighted by Gasteiger charge is 2.24. The highest BCUT2D eigenvalue weighted by atomic mass is 32.2. The van der Waals surface area contributed by atoms with Gasteiger partial charge in [-0.15, -0.1) is 0 Å². The van der Waals surface area contributed by atoms with Crippen LogP contribution in [0.3, 0.4) is 0 Å². The number of carbonyl (C=O) groups excluding carboxylic acids is 1. The number of hydrogen-bond donors (Lipinski definition) is 2. The molecule has 2 aromatic rings. The summed E-state index contributed by atoms with van der Waals surface area (Å²) in [6.45, 7) is 0.283. The molecule has 0 atom stereocenters. The van der Waals surface area contributed by atoms with Gasteiger partial charge < -0.3 is 14.8 Å². The third kappa shape index (κ3) is 3.46. The lowest BCUT2D eigenvalue weighted by atomic mass is 10.1. The van der Waals surface area contributed by atoms with Crippen LogP contribution in [0.4, 0.5) is 5.69 Å². The maximum Gasteiger partial charge on any atom is 0.270 e. The van der Waals surface area contributed by atoms with E-state index in [1.54, 1.807) is 12.1 Å². The van der Waals surface area contributed by atoms with Crippen molar-refractivity contribution in [1.29, 1.82) is 0 Å². The van der Waals surface area contributed by atoms with Gasteiger partial charge in [0.15, 0.2) is 5.17 Å². The molecule has 1 aliphatic rings. The summed E-state index contributed by atoms with van der Waals surface area (Å²) >= 11 is 1.09. The summed E-state index contributed by atoms with van der Waals surface area (Å²) in [6, 6.07) is 7.12. The number of nitrogens with zero attached hydrogens (tertiary/aromatic N) is 2. The molecule has 1 aromatic carbocycles. The molecule has 8 nitrogen and oxygen atoms in total. The van der Waals surface area contributed by atoms with Crippen LogP contribution in [0.1, 0.15) is 11.3 Å². The SMILES string of the molecule is O=C1NC(=NCc2ccco2)S/C1=C\c1cc([N+](=O)[O-])ccc1O. The lowest BCUT2D eigenvalue weighted by Gasteiger charge is -1.99. The third-order valence-corrected chi connectivity index (χ3v) is 4.07. The van der Waals surface area contributed by atoms with Crippen LogP contribution in [0.5, 0.6) is 5.75 Å². The number of amides is 1. The first-order valence-electron chi connectivity index (χ1n) is 6.78. The molecule has 1 fully saturated rings. The number of carbonyl (C=O) groups is 1. The van der Waals surface area contributed by atoms with Gasteiger partial charge in [0.1, 0.15) is 11.5 Å². The number of aliphatic imine (C=N–C) groups is 1. The van der Waals surface area contributed by atoms with E-state index in [4.69, 9.17) is 4.42 Å². The van der Waals surface area contributed by atoms with E-state index in [1.807, 2.05) is 0 Å². The number of benzene rings is 1. The van der Waals surface area contributed by atoms with Crippen molar-refractivity contribution in [3.05, 3.63) is 62.9 Å². The Hall–Kier alpha value is -3.07. The first kappa shape index (κ1) is 15.8. The molecule has 122 valence electrons. The zero-order chi connectivity index (χ0) is 17.1. The van der Waals surface area contributed by atoms with Crippen LogP contribution in [0.2, 0.25) is 0 Å². The van der Waals surface area contributed by atoms with Crippen molar-refractivity contribution in [2.75, 3.05) is 0 Å². The van der Waals surface area contributed by atoms with Gasteiger partial charge in [0, 0.05) is 17.7 Å². The van der Waals surface area contributed by atoms with Crippen molar-refractivity contribution in [2.24, 2.45) is 4.99 Å². The second kappa shape index (κ2) is 6.59. The van der Waals surface area contributed by atoms with E-state index in [0.29, 0.717) is 10.9 Å². The molecule has 2 N–H and O–H groups in total. The number of nitro groups is 1. The molecule has 0 radical (unpaired) electrons. The van der Waals surface area contributed by atoms with Gasteiger partial charge in [-0.3, -0.25) is 19.9 Å². The number of phenols is 1. The Labute approximate surface area is 140 Å². The standard InChI is InChI=1S/C15H11N3O5S/c19-12-4-3-10(18(21)22)6-9(12)7-13-14(20)17-15(24-13)16-8-11-2-1-5-23-11/h1-7,19H,8H2,(H,16,17,20)/b13-7-. The van der Waals surface area contributed by atoms with Crippen molar-refractivity contribution in [2.45, 2.75) is 6.54 Å². The fourth-order valence-corrected chi connectivity index (χ4v) is 2.78.